The highest BCUT2D eigenvalue weighted by Gasteiger charge is 2.19. The molecule has 96 valence electrons. The van der Waals surface area contributed by atoms with E-state index in [0.29, 0.717) is 6.42 Å². The second-order valence-corrected chi connectivity index (χ2v) is 4.27. The molecule has 4 heteroatoms. The van der Waals surface area contributed by atoms with E-state index in [-0.39, 0.29) is 0 Å². The molecule has 0 saturated heterocycles. The van der Waals surface area contributed by atoms with E-state index in [1.807, 2.05) is 0 Å². The molecule has 0 aromatic carbocycles. The molecule has 1 fully saturated rings. The first-order chi connectivity index (χ1) is 7.57. The fourth-order valence-electron chi connectivity index (χ4n) is 1.62. The third-order valence-electron chi connectivity index (χ3n) is 2.69. The molecule has 2 unspecified atom stereocenters. The van der Waals surface area contributed by atoms with Gasteiger partial charge in [0, 0.05) is 6.42 Å². The smallest absolute Gasteiger partial charge is 0.303 e. The van der Waals surface area contributed by atoms with Gasteiger partial charge in [0.1, 0.15) is 0 Å². The number of aliphatic carboxylic acids is 1. The third kappa shape index (κ3) is 8.68. The van der Waals surface area contributed by atoms with E-state index in [9.17, 15) is 4.79 Å². The molecule has 1 rings (SSSR count). The summed E-state index contributed by atoms with van der Waals surface area (Å²) >= 11 is 0. The SMILES string of the molecule is CCCCCC(=O)O.OC1CCCCC1O. The lowest BCUT2D eigenvalue weighted by Gasteiger charge is -2.22. The summed E-state index contributed by atoms with van der Waals surface area (Å²) in [5.41, 5.74) is 0. The van der Waals surface area contributed by atoms with E-state index in [1.165, 1.54) is 0 Å². The van der Waals surface area contributed by atoms with Gasteiger partial charge in [-0.2, -0.15) is 0 Å². The second kappa shape index (κ2) is 9.60. The van der Waals surface area contributed by atoms with Crippen molar-refractivity contribution in [1.29, 1.82) is 0 Å². The van der Waals surface area contributed by atoms with Crippen LogP contribution in [0.3, 0.4) is 0 Å². The Morgan fingerprint density at radius 3 is 1.94 bits per heavy atom. The van der Waals surface area contributed by atoms with Crippen molar-refractivity contribution in [3.05, 3.63) is 0 Å². The van der Waals surface area contributed by atoms with E-state index >= 15 is 0 Å². The molecule has 0 bridgehead atoms. The summed E-state index contributed by atoms with van der Waals surface area (Å²) in [5.74, 6) is -0.682. The molecule has 0 spiro atoms. The maximum atomic E-state index is 9.87. The topological polar surface area (TPSA) is 77.8 Å². The average Bonchev–Trinajstić information content (AvgIpc) is 2.23. The van der Waals surface area contributed by atoms with Crippen LogP contribution in [0.4, 0.5) is 0 Å². The Kier molecular flexibility index (Phi) is 9.24. The maximum Gasteiger partial charge on any atom is 0.303 e. The van der Waals surface area contributed by atoms with E-state index in [0.717, 1.165) is 44.9 Å². The predicted octanol–water partition coefficient (Wildman–Crippen LogP) is 1.93. The number of carboxylic acids is 1. The van der Waals surface area contributed by atoms with Gasteiger partial charge in [0.2, 0.25) is 0 Å². The van der Waals surface area contributed by atoms with E-state index in [4.69, 9.17) is 15.3 Å². The number of hydrogen-bond donors (Lipinski definition) is 3. The fraction of sp³-hybridized carbons (Fsp3) is 0.917. The van der Waals surface area contributed by atoms with Crippen LogP contribution in [0.25, 0.3) is 0 Å². The number of unbranched alkanes of at least 4 members (excludes halogenated alkanes) is 2. The highest BCUT2D eigenvalue weighted by atomic mass is 16.4. The van der Waals surface area contributed by atoms with Gasteiger partial charge in [0.05, 0.1) is 12.2 Å². The van der Waals surface area contributed by atoms with Crippen LogP contribution < -0.4 is 0 Å². The summed E-state index contributed by atoms with van der Waals surface area (Å²) in [6.07, 6.45) is 6.09. The third-order valence-corrected chi connectivity index (χ3v) is 2.69. The van der Waals surface area contributed by atoms with Crippen molar-refractivity contribution in [1.82, 2.24) is 0 Å². The standard InChI is InChI=1S/2C6H12O2/c7-5-3-1-2-4-6(5)8;1-2-3-4-5-6(7)8/h5-8H,1-4H2;2-5H2,1H3,(H,7,8). The van der Waals surface area contributed by atoms with Crippen LogP contribution in [0.1, 0.15) is 58.3 Å². The van der Waals surface area contributed by atoms with Crippen LogP contribution >= 0.6 is 0 Å². The Bertz CT molecular complexity index is 172. The molecule has 3 N–H and O–H groups in total. The van der Waals surface area contributed by atoms with Crippen molar-refractivity contribution in [3.63, 3.8) is 0 Å². The van der Waals surface area contributed by atoms with Crippen LogP contribution in [-0.4, -0.2) is 33.5 Å². The molecule has 16 heavy (non-hydrogen) atoms. The van der Waals surface area contributed by atoms with Crippen LogP contribution in [0, 0.1) is 0 Å². The summed E-state index contributed by atoms with van der Waals surface area (Å²) in [7, 11) is 0. The first kappa shape index (κ1) is 15.4. The fourth-order valence-corrected chi connectivity index (χ4v) is 1.62. The summed E-state index contributed by atoms with van der Waals surface area (Å²) in [4.78, 5) is 9.87. The highest BCUT2D eigenvalue weighted by Crippen LogP contribution is 2.17. The Hall–Kier alpha value is -0.610. The average molecular weight is 232 g/mol. The first-order valence-corrected chi connectivity index (χ1v) is 6.15. The minimum absolute atomic E-state index is 0.327. The van der Waals surface area contributed by atoms with Crippen molar-refractivity contribution in [2.24, 2.45) is 0 Å². The Balaban J connectivity index is 0.000000281. The molecule has 4 nitrogen and oxygen atoms in total. The minimum atomic E-state index is -0.682. The summed E-state index contributed by atoms with van der Waals surface area (Å²) < 4.78 is 0. The number of rotatable bonds is 4. The van der Waals surface area contributed by atoms with Crippen molar-refractivity contribution in [3.8, 4) is 0 Å². The molecule has 0 aliphatic heterocycles. The zero-order chi connectivity index (χ0) is 12.4. The molecule has 0 aromatic rings. The molecule has 0 heterocycles. The van der Waals surface area contributed by atoms with Crippen molar-refractivity contribution >= 4 is 5.97 Å². The maximum absolute atomic E-state index is 9.87. The normalized spacial score (nSPS) is 24.4. The molecule has 0 aromatic heterocycles. The molecule has 0 radical (unpaired) electrons. The number of aliphatic hydroxyl groups is 2. The van der Waals surface area contributed by atoms with Crippen LogP contribution in [-0.2, 0) is 4.79 Å². The lowest BCUT2D eigenvalue weighted by molar-refractivity contribution is -0.137. The van der Waals surface area contributed by atoms with E-state index < -0.39 is 18.2 Å². The number of carboxylic acid groups (broad SMARTS) is 1. The van der Waals surface area contributed by atoms with Gasteiger partial charge in [-0.1, -0.05) is 32.6 Å². The zero-order valence-electron chi connectivity index (χ0n) is 10.1. The van der Waals surface area contributed by atoms with Crippen molar-refractivity contribution in [2.45, 2.75) is 70.5 Å². The van der Waals surface area contributed by atoms with Crippen LogP contribution in [0.15, 0.2) is 0 Å². The Labute approximate surface area is 97.3 Å². The van der Waals surface area contributed by atoms with Gasteiger partial charge in [-0.25, -0.2) is 0 Å². The van der Waals surface area contributed by atoms with Gasteiger partial charge in [-0.3, -0.25) is 4.79 Å². The Morgan fingerprint density at radius 1 is 1.12 bits per heavy atom. The van der Waals surface area contributed by atoms with Gasteiger partial charge in [0.15, 0.2) is 0 Å². The van der Waals surface area contributed by atoms with Gasteiger partial charge >= 0.3 is 5.97 Å². The highest BCUT2D eigenvalue weighted by molar-refractivity contribution is 5.66. The molecular weight excluding hydrogens is 208 g/mol. The zero-order valence-corrected chi connectivity index (χ0v) is 10.1. The van der Waals surface area contributed by atoms with Gasteiger partial charge in [-0.15, -0.1) is 0 Å². The van der Waals surface area contributed by atoms with Crippen molar-refractivity contribution in [2.75, 3.05) is 0 Å². The van der Waals surface area contributed by atoms with Crippen LogP contribution in [0.5, 0.6) is 0 Å². The number of hydrogen-bond acceptors (Lipinski definition) is 3. The molecule has 1 aliphatic rings. The number of aliphatic hydroxyl groups excluding tert-OH is 2. The lowest BCUT2D eigenvalue weighted by atomic mass is 9.95. The molecule has 1 saturated carbocycles. The lowest BCUT2D eigenvalue weighted by Crippen LogP contribution is -2.28. The van der Waals surface area contributed by atoms with E-state index in [1.54, 1.807) is 0 Å². The first-order valence-electron chi connectivity index (χ1n) is 6.15. The largest absolute Gasteiger partial charge is 0.481 e. The monoisotopic (exact) mass is 232 g/mol. The second-order valence-electron chi connectivity index (χ2n) is 4.27. The van der Waals surface area contributed by atoms with Crippen LogP contribution in [0.2, 0.25) is 0 Å². The van der Waals surface area contributed by atoms with Gasteiger partial charge in [0.25, 0.3) is 0 Å². The quantitative estimate of drug-likeness (QED) is 0.647. The molecule has 2 atom stereocenters. The van der Waals surface area contributed by atoms with Crippen molar-refractivity contribution < 1.29 is 20.1 Å². The van der Waals surface area contributed by atoms with Gasteiger partial charge < -0.3 is 15.3 Å². The molecule has 1 aliphatic carbocycles. The predicted molar refractivity (Wildman–Crippen MR) is 62.3 cm³/mol. The van der Waals surface area contributed by atoms with Gasteiger partial charge in [-0.05, 0) is 19.3 Å². The van der Waals surface area contributed by atoms with E-state index in [2.05, 4.69) is 6.92 Å². The summed E-state index contributed by atoms with van der Waals surface area (Å²) in [5, 5.41) is 26.0. The molecular formula is C12H24O4. The summed E-state index contributed by atoms with van der Waals surface area (Å²) in [6.45, 7) is 2.06. The Morgan fingerprint density at radius 2 is 1.62 bits per heavy atom. The molecule has 0 amide bonds. The summed E-state index contributed by atoms with van der Waals surface area (Å²) in [6, 6.07) is 0. The minimum Gasteiger partial charge on any atom is -0.481 e. The number of carbonyl (C=O) groups is 1.